The highest BCUT2D eigenvalue weighted by molar-refractivity contribution is 7.17. The van der Waals surface area contributed by atoms with Crippen LogP contribution in [0.3, 0.4) is 0 Å². The van der Waals surface area contributed by atoms with E-state index < -0.39 is 0 Å². The van der Waals surface area contributed by atoms with E-state index in [1.54, 1.807) is 18.2 Å². The number of furan rings is 1. The van der Waals surface area contributed by atoms with Crippen LogP contribution in [0.25, 0.3) is 0 Å². The molecule has 0 unspecified atom stereocenters. The van der Waals surface area contributed by atoms with E-state index in [2.05, 4.69) is 38.0 Å². The Morgan fingerprint density at radius 2 is 2.15 bits per heavy atom. The van der Waals surface area contributed by atoms with Gasteiger partial charge in [-0.05, 0) is 48.3 Å². The van der Waals surface area contributed by atoms with Gasteiger partial charge in [0.15, 0.2) is 5.76 Å². The van der Waals surface area contributed by atoms with Crippen molar-refractivity contribution in [1.29, 1.82) is 0 Å². The largest absolute Gasteiger partial charge is 0.459 e. The molecule has 2 N–H and O–H groups in total. The first kappa shape index (κ1) is 19.4. The van der Waals surface area contributed by atoms with E-state index in [0.29, 0.717) is 23.0 Å². The minimum Gasteiger partial charge on any atom is -0.459 e. The van der Waals surface area contributed by atoms with E-state index in [0.717, 1.165) is 24.8 Å². The molecule has 3 rings (SSSR count). The second-order valence-electron chi connectivity index (χ2n) is 7.94. The summed E-state index contributed by atoms with van der Waals surface area (Å²) < 4.78 is 5.18. The van der Waals surface area contributed by atoms with Gasteiger partial charge >= 0.3 is 0 Å². The zero-order valence-corrected chi connectivity index (χ0v) is 16.9. The van der Waals surface area contributed by atoms with Crippen molar-refractivity contribution < 1.29 is 14.0 Å². The fourth-order valence-corrected chi connectivity index (χ4v) is 4.80. The van der Waals surface area contributed by atoms with E-state index in [9.17, 15) is 9.59 Å². The van der Waals surface area contributed by atoms with E-state index >= 15 is 0 Å². The third-order valence-electron chi connectivity index (χ3n) is 5.10. The molecule has 27 heavy (non-hydrogen) atoms. The van der Waals surface area contributed by atoms with Crippen molar-refractivity contribution in [2.45, 2.75) is 40.0 Å². The monoisotopic (exact) mass is 386 g/mol. The van der Waals surface area contributed by atoms with Gasteiger partial charge in [-0.25, -0.2) is 0 Å². The molecule has 2 amide bonds. The maximum Gasteiger partial charge on any atom is 0.291 e. The number of fused-ring (bicyclic) bond motifs is 1. The third-order valence-corrected chi connectivity index (χ3v) is 6.27. The van der Waals surface area contributed by atoms with Crippen LogP contribution in [0.1, 0.15) is 58.5 Å². The summed E-state index contributed by atoms with van der Waals surface area (Å²) in [4.78, 5) is 26.4. The molecule has 0 aromatic carbocycles. The lowest BCUT2D eigenvalue weighted by Gasteiger charge is -2.33. The van der Waals surface area contributed by atoms with Crippen LogP contribution in [0, 0.1) is 11.3 Å². The summed E-state index contributed by atoms with van der Waals surface area (Å²) in [5.74, 6) is 0.271. The molecule has 0 spiro atoms. The Balaban J connectivity index is 1.94. The molecule has 1 aliphatic carbocycles. The molecule has 0 radical (unpaired) electrons. The Labute approximate surface area is 163 Å². The van der Waals surface area contributed by atoms with E-state index in [1.165, 1.54) is 22.5 Å². The number of rotatable bonds is 5. The molecule has 6 heteroatoms. The number of thiophene rings is 1. The first-order valence-corrected chi connectivity index (χ1v) is 10.0. The molecule has 2 aromatic rings. The summed E-state index contributed by atoms with van der Waals surface area (Å²) in [6.07, 6.45) is 5.93. The number of hydrogen-bond donors (Lipinski definition) is 2. The van der Waals surface area contributed by atoms with Gasteiger partial charge < -0.3 is 15.1 Å². The Hall–Kier alpha value is -2.34. The minimum absolute atomic E-state index is 0.170. The van der Waals surface area contributed by atoms with Gasteiger partial charge in [0.2, 0.25) is 0 Å². The Bertz CT molecular complexity index is 844. The van der Waals surface area contributed by atoms with Crippen LogP contribution in [0.15, 0.2) is 35.5 Å². The smallest absolute Gasteiger partial charge is 0.291 e. The number of carbonyl (C=O) groups excluding carboxylic acids is 2. The van der Waals surface area contributed by atoms with Crippen molar-refractivity contribution in [3.63, 3.8) is 0 Å². The number of anilines is 1. The molecule has 0 saturated heterocycles. The quantitative estimate of drug-likeness (QED) is 0.734. The summed E-state index contributed by atoms with van der Waals surface area (Å²) in [7, 11) is 0. The highest BCUT2D eigenvalue weighted by Crippen LogP contribution is 2.44. The molecule has 5 nitrogen and oxygen atoms in total. The van der Waals surface area contributed by atoms with Crippen LogP contribution >= 0.6 is 11.3 Å². The molecule has 144 valence electrons. The summed E-state index contributed by atoms with van der Waals surface area (Å²) >= 11 is 1.51. The highest BCUT2D eigenvalue weighted by Gasteiger charge is 2.34. The van der Waals surface area contributed by atoms with Gasteiger partial charge in [-0.15, -0.1) is 17.9 Å². The SMILES string of the molecule is C=CCNC(=O)c1c(NC(=O)c2ccco2)sc2c1CC[C@@H](C(C)(C)C)C2. The molecule has 1 aliphatic rings. The number of nitrogens with one attached hydrogen (secondary N) is 2. The zero-order valence-electron chi connectivity index (χ0n) is 16.1. The van der Waals surface area contributed by atoms with Crippen LogP contribution in [0.4, 0.5) is 5.00 Å². The lowest BCUT2D eigenvalue weighted by Crippen LogP contribution is -2.28. The molecule has 2 aromatic heterocycles. The molecule has 0 bridgehead atoms. The number of hydrogen-bond acceptors (Lipinski definition) is 4. The standard InChI is InChI=1S/C21H26N2O3S/c1-5-10-22-19(25)17-14-9-8-13(21(2,3)4)12-16(14)27-20(17)23-18(24)15-7-6-11-26-15/h5-7,11,13H,1,8-10,12H2,2-4H3,(H,22,25)(H,23,24)/t13-/m1/s1. The third kappa shape index (κ3) is 4.16. The number of carbonyl (C=O) groups is 2. The van der Waals surface area contributed by atoms with Gasteiger partial charge in [-0.1, -0.05) is 26.8 Å². The predicted octanol–water partition coefficient (Wildman–Crippen LogP) is 4.66. The van der Waals surface area contributed by atoms with E-state index in [1.807, 2.05) is 0 Å². The summed E-state index contributed by atoms with van der Waals surface area (Å²) in [5.41, 5.74) is 1.87. The van der Waals surface area contributed by atoms with Crippen molar-refractivity contribution >= 4 is 28.2 Å². The molecule has 1 atom stereocenters. The van der Waals surface area contributed by atoms with Crippen LogP contribution in [0.2, 0.25) is 0 Å². The molecule has 2 heterocycles. The first-order valence-electron chi connectivity index (χ1n) is 9.19. The average Bonchev–Trinajstić information content (AvgIpc) is 3.25. The fraction of sp³-hybridized carbons (Fsp3) is 0.429. The van der Waals surface area contributed by atoms with Crippen molar-refractivity contribution in [3.05, 3.63) is 52.8 Å². The van der Waals surface area contributed by atoms with Crippen molar-refractivity contribution in [2.75, 3.05) is 11.9 Å². The molecule has 0 saturated carbocycles. The van der Waals surface area contributed by atoms with Crippen molar-refractivity contribution in [3.8, 4) is 0 Å². The normalized spacial score (nSPS) is 16.5. The second-order valence-corrected chi connectivity index (χ2v) is 9.05. The Morgan fingerprint density at radius 3 is 2.78 bits per heavy atom. The minimum atomic E-state index is -0.344. The summed E-state index contributed by atoms with van der Waals surface area (Å²) in [6.45, 7) is 10.8. The van der Waals surface area contributed by atoms with Crippen molar-refractivity contribution in [2.24, 2.45) is 11.3 Å². The van der Waals surface area contributed by atoms with E-state index in [-0.39, 0.29) is 23.0 Å². The molecular formula is C21H26N2O3S. The average molecular weight is 387 g/mol. The van der Waals surface area contributed by atoms with E-state index in [4.69, 9.17) is 4.42 Å². The van der Waals surface area contributed by atoms with Crippen LogP contribution in [-0.2, 0) is 12.8 Å². The lowest BCUT2D eigenvalue weighted by molar-refractivity contribution is 0.0957. The molecule has 0 aliphatic heterocycles. The first-order chi connectivity index (χ1) is 12.8. The lowest BCUT2D eigenvalue weighted by atomic mass is 9.72. The topological polar surface area (TPSA) is 71.3 Å². The van der Waals surface area contributed by atoms with Gasteiger partial charge in [0.25, 0.3) is 11.8 Å². The number of amides is 2. The van der Waals surface area contributed by atoms with Crippen LogP contribution < -0.4 is 10.6 Å². The Kier molecular flexibility index (Phi) is 5.56. The van der Waals surface area contributed by atoms with Gasteiger partial charge in [0.1, 0.15) is 5.00 Å². The second kappa shape index (κ2) is 7.72. The maximum absolute atomic E-state index is 12.8. The van der Waals surface area contributed by atoms with Crippen LogP contribution in [-0.4, -0.2) is 18.4 Å². The van der Waals surface area contributed by atoms with Crippen LogP contribution in [0.5, 0.6) is 0 Å². The predicted molar refractivity (Wildman–Crippen MR) is 108 cm³/mol. The van der Waals surface area contributed by atoms with Gasteiger partial charge in [-0.3, -0.25) is 9.59 Å². The highest BCUT2D eigenvalue weighted by atomic mass is 32.1. The van der Waals surface area contributed by atoms with Gasteiger partial charge in [0.05, 0.1) is 11.8 Å². The molecular weight excluding hydrogens is 360 g/mol. The maximum atomic E-state index is 12.8. The summed E-state index contributed by atoms with van der Waals surface area (Å²) in [5, 5.41) is 6.32. The van der Waals surface area contributed by atoms with Gasteiger partial charge in [-0.2, -0.15) is 0 Å². The fourth-order valence-electron chi connectivity index (χ4n) is 3.48. The summed E-state index contributed by atoms with van der Waals surface area (Å²) in [6, 6.07) is 3.27. The molecule has 0 fully saturated rings. The Morgan fingerprint density at radius 1 is 1.37 bits per heavy atom. The van der Waals surface area contributed by atoms with Crippen molar-refractivity contribution in [1.82, 2.24) is 5.32 Å². The van der Waals surface area contributed by atoms with Gasteiger partial charge in [0, 0.05) is 11.4 Å². The zero-order chi connectivity index (χ0) is 19.6.